The summed E-state index contributed by atoms with van der Waals surface area (Å²) >= 11 is 0. The van der Waals surface area contributed by atoms with E-state index in [9.17, 15) is 4.79 Å². The highest BCUT2D eigenvalue weighted by Gasteiger charge is 2.25. The quantitative estimate of drug-likeness (QED) is 0.792. The lowest BCUT2D eigenvalue weighted by Gasteiger charge is -2.36. The van der Waals surface area contributed by atoms with Crippen LogP contribution in [-0.4, -0.2) is 58.3 Å². The fourth-order valence-electron chi connectivity index (χ4n) is 3.69. The molecule has 0 N–H and O–H groups in total. The molecule has 2 aromatic rings. The summed E-state index contributed by atoms with van der Waals surface area (Å²) in [6.07, 6.45) is 0. The molecule has 0 spiro atoms. The molecule has 6 nitrogen and oxygen atoms in total. The second-order valence-electron chi connectivity index (χ2n) is 7.04. The first kappa shape index (κ1) is 19.9. The summed E-state index contributed by atoms with van der Waals surface area (Å²) in [5.41, 5.74) is 4.27. The molecule has 1 aliphatic heterocycles. The molecule has 0 radical (unpaired) electrons. The SMILES string of the molecule is COc1cc(C(=O)N2CCN(c3cc(C)cc(C)c3)CC2)cc(OC)c1OC. The highest BCUT2D eigenvalue weighted by molar-refractivity contribution is 5.95. The molecule has 1 heterocycles. The van der Waals surface area contributed by atoms with E-state index in [1.165, 1.54) is 16.8 Å². The van der Waals surface area contributed by atoms with Crippen LogP contribution in [0.2, 0.25) is 0 Å². The Morgan fingerprint density at radius 2 is 1.32 bits per heavy atom. The van der Waals surface area contributed by atoms with Gasteiger partial charge < -0.3 is 24.0 Å². The highest BCUT2D eigenvalue weighted by atomic mass is 16.5. The number of methoxy groups -OCH3 is 3. The minimum absolute atomic E-state index is 0.0284. The molecule has 0 aromatic heterocycles. The van der Waals surface area contributed by atoms with Crippen molar-refractivity contribution in [2.45, 2.75) is 13.8 Å². The van der Waals surface area contributed by atoms with Gasteiger partial charge in [0.15, 0.2) is 11.5 Å². The summed E-state index contributed by atoms with van der Waals surface area (Å²) in [4.78, 5) is 17.2. The molecular formula is C22H28N2O4. The highest BCUT2D eigenvalue weighted by Crippen LogP contribution is 2.38. The minimum atomic E-state index is -0.0284. The van der Waals surface area contributed by atoms with Crippen molar-refractivity contribution in [2.24, 2.45) is 0 Å². The maximum absolute atomic E-state index is 13.0. The normalized spacial score (nSPS) is 14.0. The predicted molar refractivity (Wildman–Crippen MR) is 110 cm³/mol. The van der Waals surface area contributed by atoms with Gasteiger partial charge in [-0.15, -0.1) is 0 Å². The van der Waals surface area contributed by atoms with Crippen LogP contribution >= 0.6 is 0 Å². The van der Waals surface area contributed by atoms with E-state index in [2.05, 4.69) is 36.9 Å². The van der Waals surface area contributed by atoms with Crippen molar-refractivity contribution in [1.29, 1.82) is 0 Å². The first-order valence-corrected chi connectivity index (χ1v) is 9.39. The molecule has 150 valence electrons. The van der Waals surface area contributed by atoms with Crippen LogP contribution in [0.5, 0.6) is 17.2 Å². The van der Waals surface area contributed by atoms with Gasteiger partial charge in [-0.3, -0.25) is 4.79 Å². The number of carbonyl (C=O) groups is 1. The molecule has 1 aliphatic rings. The van der Waals surface area contributed by atoms with E-state index in [1.807, 2.05) is 4.90 Å². The zero-order valence-corrected chi connectivity index (χ0v) is 17.2. The van der Waals surface area contributed by atoms with Crippen LogP contribution in [0.1, 0.15) is 21.5 Å². The summed E-state index contributed by atoms with van der Waals surface area (Å²) in [7, 11) is 4.65. The van der Waals surface area contributed by atoms with Crippen molar-refractivity contribution in [1.82, 2.24) is 4.90 Å². The third-order valence-electron chi connectivity index (χ3n) is 5.05. The minimum Gasteiger partial charge on any atom is -0.493 e. The Balaban J connectivity index is 1.75. The molecule has 0 atom stereocenters. The van der Waals surface area contributed by atoms with E-state index in [0.29, 0.717) is 35.9 Å². The molecule has 28 heavy (non-hydrogen) atoms. The van der Waals surface area contributed by atoms with Crippen LogP contribution in [0.15, 0.2) is 30.3 Å². The van der Waals surface area contributed by atoms with Gasteiger partial charge in [-0.25, -0.2) is 0 Å². The molecule has 0 bridgehead atoms. The smallest absolute Gasteiger partial charge is 0.254 e. The van der Waals surface area contributed by atoms with Gasteiger partial charge in [0, 0.05) is 37.4 Å². The summed E-state index contributed by atoms with van der Waals surface area (Å²) in [5, 5.41) is 0. The summed E-state index contributed by atoms with van der Waals surface area (Å²) in [6, 6.07) is 9.99. The van der Waals surface area contributed by atoms with Crippen molar-refractivity contribution >= 4 is 11.6 Å². The fraction of sp³-hybridized carbons (Fsp3) is 0.409. The maximum Gasteiger partial charge on any atom is 0.254 e. The number of nitrogens with zero attached hydrogens (tertiary/aromatic N) is 2. The standard InChI is InChI=1S/C22H28N2O4/c1-15-10-16(2)12-18(11-15)23-6-8-24(9-7-23)22(25)17-13-19(26-3)21(28-5)20(14-17)27-4/h10-14H,6-9H2,1-5H3. The topological polar surface area (TPSA) is 51.2 Å². The van der Waals surface area contributed by atoms with Crippen molar-refractivity contribution in [3.05, 3.63) is 47.0 Å². The zero-order valence-electron chi connectivity index (χ0n) is 17.2. The Kier molecular flexibility index (Phi) is 5.97. The number of rotatable bonds is 5. The van der Waals surface area contributed by atoms with Crippen LogP contribution in [0.25, 0.3) is 0 Å². The number of hydrogen-bond donors (Lipinski definition) is 0. The van der Waals surface area contributed by atoms with Gasteiger partial charge in [-0.05, 0) is 49.2 Å². The van der Waals surface area contributed by atoms with Crippen LogP contribution < -0.4 is 19.1 Å². The number of piperazine rings is 1. The summed E-state index contributed by atoms with van der Waals surface area (Å²) in [6.45, 7) is 7.17. The third kappa shape index (κ3) is 4.01. The third-order valence-corrected chi connectivity index (χ3v) is 5.05. The van der Waals surface area contributed by atoms with Gasteiger partial charge in [-0.2, -0.15) is 0 Å². The molecule has 2 aromatic carbocycles. The molecule has 6 heteroatoms. The van der Waals surface area contributed by atoms with E-state index < -0.39 is 0 Å². The molecule has 1 saturated heterocycles. The fourth-order valence-corrected chi connectivity index (χ4v) is 3.69. The molecule has 3 rings (SSSR count). The Labute approximate surface area is 166 Å². The number of aryl methyl sites for hydroxylation is 2. The van der Waals surface area contributed by atoms with E-state index in [0.717, 1.165) is 13.1 Å². The van der Waals surface area contributed by atoms with E-state index in [4.69, 9.17) is 14.2 Å². The largest absolute Gasteiger partial charge is 0.493 e. The van der Waals surface area contributed by atoms with Gasteiger partial charge in [0.25, 0.3) is 5.91 Å². The first-order chi connectivity index (χ1) is 13.5. The van der Waals surface area contributed by atoms with Crippen molar-refractivity contribution in [3.8, 4) is 17.2 Å². The van der Waals surface area contributed by atoms with Crippen LogP contribution in [0, 0.1) is 13.8 Å². The van der Waals surface area contributed by atoms with Gasteiger partial charge in [0.2, 0.25) is 5.75 Å². The molecule has 0 saturated carbocycles. The average molecular weight is 384 g/mol. The van der Waals surface area contributed by atoms with E-state index in [-0.39, 0.29) is 5.91 Å². The number of benzene rings is 2. The number of hydrogen-bond acceptors (Lipinski definition) is 5. The van der Waals surface area contributed by atoms with Crippen LogP contribution in [0.4, 0.5) is 5.69 Å². The molecular weight excluding hydrogens is 356 g/mol. The van der Waals surface area contributed by atoms with Crippen LogP contribution in [-0.2, 0) is 0 Å². The number of ether oxygens (including phenoxy) is 3. The number of carbonyl (C=O) groups excluding carboxylic acids is 1. The zero-order chi connectivity index (χ0) is 20.3. The Bertz CT molecular complexity index is 812. The molecule has 1 amide bonds. The second-order valence-corrected chi connectivity index (χ2v) is 7.04. The molecule has 1 fully saturated rings. The maximum atomic E-state index is 13.0. The van der Waals surface area contributed by atoms with Gasteiger partial charge in [0.05, 0.1) is 21.3 Å². The summed E-state index contributed by atoms with van der Waals surface area (Å²) < 4.78 is 16.1. The Morgan fingerprint density at radius 1 is 0.786 bits per heavy atom. The van der Waals surface area contributed by atoms with Gasteiger partial charge in [-0.1, -0.05) is 6.07 Å². The average Bonchev–Trinajstić information content (AvgIpc) is 2.71. The van der Waals surface area contributed by atoms with Crippen molar-refractivity contribution < 1.29 is 19.0 Å². The van der Waals surface area contributed by atoms with Gasteiger partial charge >= 0.3 is 0 Å². The lowest BCUT2D eigenvalue weighted by molar-refractivity contribution is 0.0746. The monoisotopic (exact) mass is 384 g/mol. The van der Waals surface area contributed by atoms with Crippen molar-refractivity contribution in [2.75, 3.05) is 52.4 Å². The van der Waals surface area contributed by atoms with Crippen LogP contribution in [0.3, 0.4) is 0 Å². The molecule has 0 unspecified atom stereocenters. The van der Waals surface area contributed by atoms with E-state index >= 15 is 0 Å². The lowest BCUT2D eigenvalue weighted by Crippen LogP contribution is -2.48. The van der Waals surface area contributed by atoms with Gasteiger partial charge in [0.1, 0.15) is 0 Å². The predicted octanol–water partition coefficient (Wildman–Crippen LogP) is 3.29. The van der Waals surface area contributed by atoms with E-state index in [1.54, 1.807) is 33.5 Å². The Hall–Kier alpha value is -2.89. The Morgan fingerprint density at radius 3 is 1.79 bits per heavy atom. The molecule has 0 aliphatic carbocycles. The first-order valence-electron chi connectivity index (χ1n) is 9.39. The second kappa shape index (κ2) is 8.42. The number of anilines is 1. The van der Waals surface area contributed by atoms with Crippen molar-refractivity contribution in [3.63, 3.8) is 0 Å². The lowest BCUT2D eigenvalue weighted by atomic mass is 10.1. The summed E-state index contributed by atoms with van der Waals surface area (Å²) in [5.74, 6) is 1.43. The number of amides is 1.